The molecule has 0 amide bonds. The van der Waals surface area contributed by atoms with Gasteiger partial charge in [-0.2, -0.15) is 0 Å². The van der Waals surface area contributed by atoms with Crippen molar-refractivity contribution in [3.05, 3.63) is 101 Å². The van der Waals surface area contributed by atoms with Crippen LogP contribution in [0.4, 0.5) is 0 Å². The molecule has 0 unspecified atom stereocenters. The van der Waals surface area contributed by atoms with E-state index in [0.717, 1.165) is 34.4 Å². The molecule has 0 saturated heterocycles. The number of nitrogens with zero attached hydrogens (tertiary/aromatic N) is 4. The number of benzene rings is 2. The van der Waals surface area contributed by atoms with Crippen LogP contribution in [-0.2, 0) is 18.4 Å². The first kappa shape index (κ1) is 23.2. The minimum atomic E-state index is -0.0803. The van der Waals surface area contributed by atoms with Crippen molar-refractivity contribution < 1.29 is 9.53 Å². The summed E-state index contributed by atoms with van der Waals surface area (Å²) in [5.74, 6) is 1.83. The standard InChI is InChI=1S/C28H28N4O2/c1-19-26(34-18-21-8-6-5-7-9-21)24(17-33)32-25(31-19)14-20-10-12-22(13-11-20)23-15-29-27(30-16-23)28(2,3)4/h5-13,15-17H,14,18H2,1-4H3. The monoisotopic (exact) mass is 452 g/mol. The maximum absolute atomic E-state index is 11.7. The third-order valence-electron chi connectivity index (χ3n) is 5.42. The van der Waals surface area contributed by atoms with Crippen LogP contribution in [0.25, 0.3) is 11.1 Å². The number of aryl methyl sites for hydroxylation is 1. The Morgan fingerprint density at radius 3 is 2.15 bits per heavy atom. The molecule has 0 aliphatic carbocycles. The van der Waals surface area contributed by atoms with Crippen molar-refractivity contribution >= 4 is 6.29 Å². The summed E-state index contributed by atoms with van der Waals surface area (Å²) >= 11 is 0. The number of carbonyl (C=O) groups is 1. The molecule has 2 aromatic heterocycles. The van der Waals surface area contributed by atoms with Crippen molar-refractivity contribution in [1.82, 2.24) is 19.9 Å². The van der Waals surface area contributed by atoms with Crippen LogP contribution in [0.15, 0.2) is 67.0 Å². The molecule has 0 aliphatic heterocycles. The zero-order valence-corrected chi connectivity index (χ0v) is 19.9. The van der Waals surface area contributed by atoms with Gasteiger partial charge < -0.3 is 4.74 Å². The van der Waals surface area contributed by atoms with Crippen molar-refractivity contribution in [2.45, 2.75) is 46.1 Å². The smallest absolute Gasteiger partial charge is 0.172 e. The average molecular weight is 453 g/mol. The number of aldehydes is 1. The molecule has 0 bridgehead atoms. The second kappa shape index (κ2) is 9.91. The van der Waals surface area contributed by atoms with E-state index in [9.17, 15) is 4.79 Å². The summed E-state index contributed by atoms with van der Waals surface area (Å²) in [6, 6.07) is 17.9. The van der Waals surface area contributed by atoms with Crippen LogP contribution in [0.5, 0.6) is 5.75 Å². The predicted octanol–water partition coefficient (Wildman–Crippen LogP) is 5.52. The molecule has 2 aromatic carbocycles. The minimum Gasteiger partial charge on any atom is -0.485 e. The summed E-state index contributed by atoms with van der Waals surface area (Å²) in [5, 5.41) is 0. The molecule has 6 heteroatoms. The van der Waals surface area contributed by atoms with Crippen molar-refractivity contribution in [3.8, 4) is 16.9 Å². The highest BCUT2D eigenvalue weighted by Crippen LogP contribution is 2.24. The first-order valence-corrected chi connectivity index (χ1v) is 11.2. The molecule has 172 valence electrons. The zero-order valence-electron chi connectivity index (χ0n) is 19.9. The zero-order chi connectivity index (χ0) is 24.1. The maximum Gasteiger partial charge on any atom is 0.172 e. The highest BCUT2D eigenvalue weighted by Gasteiger charge is 2.17. The molecule has 2 heterocycles. The number of hydrogen-bond donors (Lipinski definition) is 0. The first-order chi connectivity index (χ1) is 16.3. The first-order valence-electron chi connectivity index (χ1n) is 11.2. The van der Waals surface area contributed by atoms with Crippen LogP contribution >= 0.6 is 0 Å². The fourth-order valence-electron chi connectivity index (χ4n) is 3.57. The van der Waals surface area contributed by atoms with Gasteiger partial charge in [-0.1, -0.05) is 75.4 Å². The van der Waals surface area contributed by atoms with Crippen molar-refractivity contribution in [2.75, 3.05) is 0 Å². The van der Waals surface area contributed by atoms with Gasteiger partial charge in [-0.05, 0) is 23.6 Å². The van der Waals surface area contributed by atoms with Crippen LogP contribution < -0.4 is 4.74 Å². The van der Waals surface area contributed by atoms with Crippen LogP contribution in [-0.4, -0.2) is 26.2 Å². The molecule has 34 heavy (non-hydrogen) atoms. The summed E-state index contributed by atoms with van der Waals surface area (Å²) in [6.07, 6.45) is 4.96. The quantitative estimate of drug-likeness (QED) is 0.344. The van der Waals surface area contributed by atoms with E-state index in [0.29, 0.717) is 30.3 Å². The van der Waals surface area contributed by atoms with Gasteiger partial charge in [0.25, 0.3) is 0 Å². The van der Waals surface area contributed by atoms with Gasteiger partial charge in [-0.25, -0.2) is 19.9 Å². The Labute approximate surface area is 200 Å². The third kappa shape index (κ3) is 5.52. The predicted molar refractivity (Wildman–Crippen MR) is 132 cm³/mol. The number of rotatable bonds is 7. The lowest BCUT2D eigenvalue weighted by atomic mass is 9.95. The molecule has 0 fully saturated rings. The second-order valence-corrected chi connectivity index (χ2v) is 9.25. The third-order valence-corrected chi connectivity index (χ3v) is 5.42. The molecule has 0 radical (unpaired) electrons. The van der Waals surface area contributed by atoms with Crippen molar-refractivity contribution in [2.24, 2.45) is 0 Å². The highest BCUT2D eigenvalue weighted by molar-refractivity contribution is 5.76. The van der Waals surface area contributed by atoms with Gasteiger partial charge in [0.2, 0.25) is 0 Å². The Hall–Kier alpha value is -3.93. The number of carbonyl (C=O) groups excluding carboxylic acids is 1. The average Bonchev–Trinajstić information content (AvgIpc) is 2.84. The van der Waals surface area contributed by atoms with E-state index in [-0.39, 0.29) is 11.1 Å². The van der Waals surface area contributed by atoms with Gasteiger partial charge in [0.15, 0.2) is 12.0 Å². The second-order valence-electron chi connectivity index (χ2n) is 9.25. The number of ether oxygens (including phenoxy) is 1. The van der Waals surface area contributed by atoms with Gasteiger partial charge in [0.05, 0.1) is 5.69 Å². The Kier molecular flexibility index (Phi) is 6.77. The lowest BCUT2D eigenvalue weighted by molar-refractivity contribution is 0.111. The minimum absolute atomic E-state index is 0.0803. The van der Waals surface area contributed by atoms with Crippen molar-refractivity contribution in [1.29, 1.82) is 0 Å². The maximum atomic E-state index is 11.7. The molecule has 6 nitrogen and oxygen atoms in total. The van der Waals surface area contributed by atoms with E-state index >= 15 is 0 Å². The topological polar surface area (TPSA) is 77.9 Å². The number of hydrogen-bond acceptors (Lipinski definition) is 6. The van der Waals surface area contributed by atoms with E-state index in [2.05, 4.69) is 40.7 Å². The molecular formula is C28H28N4O2. The normalized spacial score (nSPS) is 11.3. The molecule has 0 aliphatic rings. The van der Waals surface area contributed by atoms with Gasteiger partial charge >= 0.3 is 0 Å². The fourth-order valence-corrected chi connectivity index (χ4v) is 3.57. The SMILES string of the molecule is Cc1nc(Cc2ccc(-c3cnc(C(C)(C)C)nc3)cc2)nc(C=O)c1OCc1ccccc1. The Balaban J connectivity index is 1.48. The molecule has 4 aromatic rings. The lowest BCUT2D eigenvalue weighted by Crippen LogP contribution is -2.15. The lowest BCUT2D eigenvalue weighted by Gasteiger charge is -2.16. The van der Waals surface area contributed by atoms with E-state index < -0.39 is 0 Å². The van der Waals surface area contributed by atoms with E-state index in [1.54, 1.807) is 0 Å². The molecule has 0 saturated carbocycles. The summed E-state index contributed by atoms with van der Waals surface area (Å²) in [7, 11) is 0. The summed E-state index contributed by atoms with van der Waals surface area (Å²) in [5.41, 5.74) is 4.91. The van der Waals surface area contributed by atoms with Crippen LogP contribution in [0.1, 0.15) is 59.7 Å². The molecule has 4 rings (SSSR count). The summed E-state index contributed by atoms with van der Waals surface area (Å²) in [4.78, 5) is 29.8. The molecule has 0 N–H and O–H groups in total. The Bertz CT molecular complexity index is 1260. The van der Waals surface area contributed by atoms with Crippen LogP contribution in [0.2, 0.25) is 0 Å². The Morgan fingerprint density at radius 2 is 1.53 bits per heavy atom. The van der Waals surface area contributed by atoms with Gasteiger partial charge in [-0.3, -0.25) is 4.79 Å². The molecule has 0 atom stereocenters. The van der Waals surface area contributed by atoms with Gasteiger partial charge in [0.1, 0.15) is 23.9 Å². The largest absolute Gasteiger partial charge is 0.485 e. The fraction of sp³-hybridized carbons (Fsp3) is 0.250. The molecule has 0 spiro atoms. The van der Waals surface area contributed by atoms with E-state index in [4.69, 9.17) is 4.74 Å². The van der Waals surface area contributed by atoms with Crippen molar-refractivity contribution in [3.63, 3.8) is 0 Å². The van der Waals surface area contributed by atoms with Gasteiger partial charge in [-0.15, -0.1) is 0 Å². The summed E-state index contributed by atoms with van der Waals surface area (Å²) in [6.45, 7) is 8.48. The summed E-state index contributed by atoms with van der Waals surface area (Å²) < 4.78 is 5.88. The molecular weight excluding hydrogens is 424 g/mol. The van der Waals surface area contributed by atoms with Crippen LogP contribution in [0.3, 0.4) is 0 Å². The highest BCUT2D eigenvalue weighted by atomic mass is 16.5. The Morgan fingerprint density at radius 1 is 0.853 bits per heavy atom. The van der Waals surface area contributed by atoms with Gasteiger partial charge in [0, 0.05) is 29.8 Å². The van der Waals surface area contributed by atoms with Crippen LogP contribution in [0, 0.1) is 6.92 Å². The van der Waals surface area contributed by atoms with E-state index in [1.165, 1.54) is 0 Å². The van der Waals surface area contributed by atoms with E-state index in [1.807, 2.05) is 73.9 Å². The number of aromatic nitrogens is 4.